The van der Waals surface area contributed by atoms with Crippen LogP contribution in [0.3, 0.4) is 0 Å². The number of nitrogens with zero attached hydrogens (tertiary/aromatic N) is 2. The molecule has 3 nitrogen and oxygen atoms in total. The summed E-state index contributed by atoms with van der Waals surface area (Å²) in [5.74, 6) is -1.33. The average molecular weight is 301 g/mol. The fraction of sp³-hybridized carbons (Fsp3) is 0.600. The predicted molar refractivity (Wildman–Crippen MR) is 80.1 cm³/mol. The third kappa shape index (κ3) is 3.81. The summed E-state index contributed by atoms with van der Waals surface area (Å²) in [6.45, 7) is 3.15. The first-order valence-corrected chi connectivity index (χ1v) is 7.09. The number of hydrogen-bond donors (Lipinski definition) is 1. The molecule has 1 atom stereocenters. The molecule has 1 aromatic rings. The van der Waals surface area contributed by atoms with Gasteiger partial charge in [-0.1, -0.05) is 6.07 Å². The highest BCUT2D eigenvalue weighted by Crippen LogP contribution is 2.31. The summed E-state index contributed by atoms with van der Waals surface area (Å²) in [6, 6.07) is 5.83. The van der Waals surface area contributed by atoms with Crippen LogP contribution < -0.4 is 15.1 Å². The Bertz CT molecular complexity index is 486. The molecule has 0 saturated carbocycles. The monoisotopic (exact) mass is 301 g/mol. The van der Waals surface area contributed by atoms with Crippen LogP contribution in [0.4, 0.5) is 24.5 Å². The van der Waals surface area contributed by atoms with Crippen LogP contribution >= 0.6 is 0 Å². The van der Waals surface area contributed by atoms with Crippen molar-refractivity contribution in [2.45, 2.75) is 13.1 Å². The Morgan fingerprint density at radius 1 is 1.29 bits per heavy atom. The number of rotatable bonds is 2. The van der Waals surface area contributed by atoms with Crippen molar-refractivity contribution in [3.8, 4) is 0 Å². The number of benzene rings is 1. The topological polar surface area (TPSA) is 18.5 Å². The molecule has 6 heteroatoms. The highest BCUT2D eigenvalue weighted by Gasteiger charge is 2.41. The van der Waals surface area contributed by atoms with Gasteiger partial charge >= 0.3 is 6.18 Å². The van der Waals surface area contributed by atoms with E-state index < -0.39 is 12.1 Å². The highest BCUT2D eigenvalue weighted by molar-refractivity contribution is 5.63. The van der Waals surface area contributed by atoms with Crippen LogP contribution in [0.5, 0.6) is 0 Å². The van der Waals surface area contributed by atoms with Crippen LogP contribution in [0, 0.1) is 12.8 Å². The van der Waals surface area contributed by atoms with Gasteiger partial charge in [0, 0.05) is 51.6 Å². The SMILES string of the molecule is Cc1ccc(N2CCNCC(C(F)(F)F)C2)cc1N(C)C. The first-order chi connectivity index (χ1) is 9.79. The Balaban J connectivity index is 2.25. The van der Waals surface area contributed by atoms with E-state index in [1.165, 1.54) is 0 Å². The Morgan fingerprint density at radius 3 is 2.62 bits per heavy atom. The van der Waals surface area contributed by atoms with Crippen molar-refractivity contribution >= 4 is 11.4 Å². The summed E-state index contributed by atoms with van der Waals surface area (Å²) in [7, 11) is 3.88. The molecule has 118 valence electrons. The predicted octanol–water partition coefficient (Wildman–Crippen LogP) is 2.65. The molecule has 0 radical (unpaired) electrons. The molecule has 1 N–H and O–H groups in total. The molecule has 0 amide bonds. The lowest BCUT2D eigenvalue weighted by Crippen LogP contribution is -2.38. The number of aryl methyl sites for hydroxylation is 1. The van der Waals surface area contributed by atoms with E-state index in [0.29, 0.717) is 13.1 Å². The average Bonchev–Trinajstić information content (AvgIpc) is 2.64. The first-order valence-electron chi connectivity index (χ1n) is 7.09. The fourth-order valence-electron chi connectivity index (χ4n) is 2.64. The van der Waals surface area contributed by atoms with E-state index in [0.717, 1.165) is 16.9 Å². The van der Waals surface area contributed by atoms with Crippen LogP contribution in [-0.2, 0) is 0 Å². The Hall–Kier alpha value is -1.43. The van der Waals surface area contributed by atoms with Gasteiger partial charge < -0.3 is 15.1 Å². The largest absolute Gasteiger partial charge is 0.394 e. The Morgan fingerprint density at radius 2 is 2.00 bits per heavy atom. The molecule has 1 saturated heterocycles. The molecule has 1 aliphatic heterocycles. The zero-order valence-corrected chi connectivity index (χ0v) is 12.7. The molecule has 1 unspecified atom stereocenters. The van der Waals surface area contributed by atoms with Crippen LogP contribution in [0.15, 0.2) is 18.2 Å². The van der Waals surface area contributed by atoms with Crippen molar-refractivity contribution in [3.63, 3.8) is 0 Å². The summed E-state index contributed by atoms with van der Waals surface area (Å²) in [5.41, 5.74) is 3.00. The van der Waals surface area contributed by atoms with E-state index in [1.807, 2.05) is 49.0 Å². The van der Waals surface area contributed by atoms with Gasteiger partial charge in [0.05, 0.1) is 5.92 Å². The zero-order valence-electron chi connectivity index (χ0n) is 12.7. The van der Waals surface area contributed by atoms with Gasteiger partial charge in [0.2, 0.25) is 0 Å². The van der Waals surface area contributed by atoms with Gasteiger partial charge in [0.15, 0.2) is 0 Å². The van der Waals surface area contributed by atoms with Crippen molar-refractivity contribution in [3.05, 3.63) is 23.8 Å². The van der Waals surface area contributed by atoms with E-state index in [-0.39, 0.29) is 13.1 Å². The Labute approximate surface area is 123 Å². The van der Waals surface area contributed by atoms with Gasteiger partial charge in [-0.05, 0) is 24.6 Å². The summed E-state index contributed by atoms with van der Waals surface area (Å²) in [4.78, 5) is 3.81. The number of anilines is 2. The number of halogens is 3. The minimum absolute atomic E-state index is 0.00638. The van der Waals surface area contributed by atoms with Gasteiger partial charge in [-0.3, -0.25) is 0 Å². The molecule has 0 aromatic heterocycles. The zero-order chi connectivity index (χ0) is 15.6. The van der Waals surface area contributed by atoms with Gasteiger partial charge in [0.25, 0.3) is 0 Å². The molecule has 1 aliphatic rings. The van der Waals surface area contributed by atoms with Crippen molar-refractivity contribution in [1.82, 2.24) is 5.32 Å². The summed E-state index contributed by atoms with van der Waals surface area (Å²) >= 11 is 0. The molecule has 2 rings (SSSR count). The molecular weight excluding hydrogens is 279 g/mol. The van der Waals surface area contributed by atoms with Crippen molar-refractivity contribution < 1.29 is 13.2 Å². The second-order valence-electron chi connectivity index (χ2n) is 5.75. The van der Waals surface area contributed by atoms with Gasteiger partial charge in [-0.2, -0.15) is 13.2 Å². The van der Waals surface area contributed by atoms with Gasteiger partial charge in [-0.25, -0.2) is 0 Å². The minimum Gasteiger partial charge on any atom is -0.377 e. The van der Waals surface area contributed by atoms with Crippen molar-refractivity contribution in [2.24, 2.45) is 5.92 Å². The lowest BCUT2D eigenvalue weighted by molar-refractivity contribution is -0.169. The molecule has 1 aromatic carbocycles. The third-order valence-electron chi connectivity index (χ3n) is 3.89. The standard InChI is InChI=1S/C15H22F3N3/c1-11-4-5-13(8-14(11)20(2)3)21-7-6-19-9-12(10-21)15(16,17)18/h4-5,8,12,19H,6-7,9-10H2,1-3H3. The second-order valence-corrected chi connectivity index (χ2v) is 5.75. The molecule has 1 fully saturated rings. The molecule has 1 heterocycles. The number of nitrogens with one attached hydrogen (secondary N) is 1. The van der Waals surface area contributed by atoms with Gasteiger partial charge in [-0.15, -0.1) is 0 Å². The number of hydrogen-bond acceptors (Lipinski definition) is 3. The quantitative estimate of drug-likeness (QED) is 0.906. The van der Waals surface area contributed by atoms with E-state index in [4.69, 9.17) is 0 Å². The van der Waals surface area contributed by atoms with E-state index in [9.17, 15) is 13.2 Å². The fourth-order valence-corrected chi connectivity index (χ4v) is 2.64. The lowest BCUT2D eigenvalue weighted by Gasteiger charge is -2.28. The maximum absolute atomic E-state index is 13.0. The van der Waals surface area contributed by atoms with Crippen LogP contribution in [0.2, 0.25) is 0 Å². The molecule has 0 aliphatic carbocycles. The van der Waals surface area contributed by atoms with Crippen molar-refractivity contribution in [1.29, 1.82) is 0 Å². The summed E-state index contributed by atoms with van der Waals surface area (Å²) in [5, 5.41) is 2.88. The summed E-state index contributed by atoms with van der Waals surface area (Å²) in [6.07, 6.45) is -4.16. The van der Waals surface area contributed by atoms with E-state index in [1.54, 1.807) is 0 Å². The smallest absolute Gasteiger partial charge is 0.377 e. The van der Waals surface area contributed by atoms with Crippen LogP contribution in [-0.4, -0.2) is 46.5 Å². The third-order valence-corrected chi connectivity index (χ3v) is 3.89. The van der Waals surface area contributed by atoms with Gasteiger partial charge in [0.1, 0.15) is 0 Å². The highest BCUT2D eigenvalue weighted by atomic mass is 19.4. The normalized spacial score (nSPS) is 20.3. The van der Waals surface area contributed by atoms with E-state index >= 15 is 0 Å². The van der Waals surface area contributed by atoms with E-state index in [2.05, 4.69) is 5.32 Å². The molecular formula is C15H22F3N3. The first kappa shape index (κ1) is 15.9. The van der Waals surface area contributed by atoms with Crippen LogP contribution in [0.25, 0.3) is 0 Å². The molecule has 0 bridgehead atoms. The lowest BCUT2D eigenvalue weighted by atomic mass is 10.1. The van der Waals surface area contributed by atoms with Crippen molar-refractivity contribution in [2.75, 3.05) is 50.1 Å². The minimum atomic E-state index is -4.16. The molecule has 0 spiro atoms. The Kier molecular flexibility index (Phi) is 4.66. The van der Waals surface area contributed by atoms with Crippen LogP contribution in [0.1, 0.15) is 5.56 Å². The maximum Gasteiger partial charge on any atom is 0.394 e. The molecule has 21 heavy (non-hydrogen) atoms. The summed E-state index contributed by atoms with van der Waals surface area (Å²) < 4.78 is 39.0. The maximum atomic E-state index is 13.0. The second kappa shape index (κ2) is 6.13. The number of alkyl halides is 3.